The molecule has 0 aliphatic carbocycles. The number of nitrogens with two attached hydrogens (primary N) is 2. The Bertz CT molecular complexity index is 613. The van der Waals surface area contributed by atoms with Crippen LogP contribution in [0.15, 0.2) is 18.2 Å². The van der Waals surface area contributed by atoms with Crippen molar-refractivity contribution in [2.45, 2.75) is 13.0 Å². The molecule has 2 rings (SSSR count). The first-order valence-electron chi connectivity index (χ1n) is 5.96. The van der Waals surface area contributed by atoms with Crippen LogP contribution in [0, 0.1) is 0 Å². The number of anilines is 2. The van der Waals surface area contributed by atoms with Crippen LogP contribution >= 0.6 is 0 Å². The average molecular weight is 283 g/mol. The monoisotopic (exact) mass is 283 g/mol. The van der Waals surface area contributed by atoms with Gasteiger partial charge in [0.2, 0.25) is 5.91 Å². The second-order valence-electron chi connectivity index (χ2n) is 4.79. The van der Waals surface area contributed by atoms with E-state index < -0.39 is 15.7 Å². The third-order valence-corrected chi connectivity index (χ3v) is 5.09. The normalized spacial score (nSPS) is 22.2. The number of benzene rings is 1. The fourth-order valence-electron chi connectivity index (χ4n) is 2.33. The minimum absolute atomic E-state index is 0.115. The molecule has 1 unspecified atom stereocenters. The number of hydrogen-bond acceptors (Lipinski definition) is 5. The largest absolute Gasteiger partial charge is 0.397 e. The number of nitrogen functional groups attached to an aromatic ring is 1. The molecule has 1 atom stereocenters. The van der Waals surface area contributed by atoms with Gasteiger partial charge in [-0.3, -0.25) is 4.79 Å². The van der Waals surface area contributed by atoms with E-state index in [0.717, 1.165) is 5.69 Å². The lowest BCUT2D eigenvalue weighted by Gasteiger charge is -2.35. The zero-order valence-corrected chi connectivity index (χ0v) is 11.5. The van der Waals surface area contributed by atoms with Gasteiger partial charge in [0.05, 0.1) is 22.9 Å². The summed E-state index contributed by atoms with van der Waals surface area (Å²) in [4.78, 5) is 13.0. The smallest absolute Gasteiger partial charge is 0.248 e. The summed E-state index contributed by atoms with van der Waals surface area (Å²) in [6.45, 7) is 2.25. The quantitative estimate of drug-likeness (QED) is 0.742. The number of carbonyl (C=O) groups is 1. The summed E-state index contributed by atoms with van der Waals surface area (Å²) in [5, 5.41) is 0. The van der Waals surface area contributed by atoms with Gasteiger partial charge in [-0.05, 0) is 25.1 Å². The maximum Gasteiger partial charge on any atom is 0.248 e. The van der Waals surface area contributed by atoms with E-state index in [0.29, 0.717) is 17.8 Å². The van der Waals surface area contributed by atoms with Crippen molar-refractivity contribution in [3.05, 3.63) is 23.8 Å². The van der Waals surface area contributed by atoms with Crippen LogP contribution in [0.1, 0.15) is 17.3 Å². The molecule has 0 radical (unpaired) electrons. The van der Waals surface area contributed by atoms with Crippen molar-refractivity contribution >= 4 is 27.1 Å². The van der Waals surface area contributed by atoms with Crippen LogP contribution in [0.3, 0.4) is 0 Å². The first-order valence-corrected chi connectivity index (χ1v) is 7.79. The van der Waals surface area contributed by atoms with Crippen molar-refractivity contribution in [3.63, 3.8) is 0 Å². The summed E-state index contributed by atoms with van der Waals surface area (Å²) < 4.78 is 23.1. The fraction of sp³-hybridized carbons (Fsp3) is 0.417. The summed E-state index contributed by atoms with van der Waals surface area (Å²) in [6, 6.07) is 4.70. The molecular formula is C12H17N3O3S. The second kappa shape index (κ2) is 4.73. The third-order valence-electron chi connectivity index (χ3n) is 3.29. The van der Waals surface area contributed by atoms with Gasteiger partial charge in [-0.2, -0.15) is 0 Å². The molecule has 1 aromatic rings. The lowest BCUT2D eigenvalue weighted by atomic mass is 10.1. The molecule has 0 saturated carbocycles. The van der Waals surface area contributed by atoms with E-state index in [2.05, 4.69) is 0 Å². The van der Waals surface area contributed by atoms with E-state index in [-0.39, 0.29) is 17.5 Å². The molecule has 1 aliphatic rings. The van der Waals surface area contributed by atoms with Gasteiger partial charge >= 0.3 is 0 Å². The van der Waals surface area contributed by atoms with Gasteiger partial charge < -0.3 is 16.4 Å². The van der Waals surface area contributed by atoms with Crippen molar-refractivity contribution in [2.24, 2.45) is 5.73 Å². The van der Waals surface area contributed by atoms with Gasteiger partial charge in [-0.1, -0.05) is 0 Å². The van der Waals surface area contributed by atoms with Gasteiger partial charge in [0.15, 0.2) is 9.84 Å². The summed E-state index contributed by atoms with van der Waals surface area (Å²) in [5.41, 5.74) is 12.6. The van der Waals surface area contributed by atoms with Gasteiger partial charge in [-0.15, -0.1) is 0 Å². The number of hydrogen-bond donors (Lipinski definition) is 2. The van der Waals surface area contributed by atoms with Crippen LogP contribution in [-0.2, 0) is 9.84 Å². The Hall–Kier alpha value is -1.76. The highest BCUT2D eigenvalue weighted by Gasteiger charge is 2.29. The third kappa shape index (κ3) is 2.81. The van der Waals surface area contributed by atoms with Crippen LogP contribution in [0.25, 0.3) is 0 Å². The predicted octanol–water partition coefficient (Wildman–Crippen LogP) is -0.00900. The number of nitrogens with zero attached hydrogens (tertiary/aromatic N) is 1. The van der Waals surface area contributed by atoms with E-state index in [4.69, 9.17) is 11.5 Å². The molecule has 1 amide bonds. The standard InChI is InChI=1S/C12H17N3O3S/c1-8-7-19(17,18)5-4-15(8)11-3-2-9(12(14)16)6-10(11)13/h2-3,6,8H,4-5,7,13H2,1H3,(H2,14,16). The predicted molar refractivity (Wildman–Crippen MR) is 74.8 cm³/mol. The second-order valence-corrected chi connectivity index (χ2v) is 7.02. The van der Waals surface area contributed by atoms with Crippen molar-refractivity contribution in [3.8, 4) is 0 Å². The van der Waals surface area contributed by atoms with Crippen molar-refractivity contribution in [1.82, 2.24) is 0 Å². The molecule has 0 bridgehead atoms. The highest BCUT2D eigenvalue weighted by atomic mass is 32.2. The lowest BCUT2D eigenvalue weighted by molar-refractivity contribution is 0.100. The van der Waals surface area contributed by atoms with Gasteiger partial charge in [-0.25, -0.2) is 8.42 Å². The molecule has 1 heterocycles. The Morgan fingerprint density at radius 1 is 1.42 bits per heavy atom. The Balaban J connectivity index is 2.30. The number of amides is 1. The minimum atomic E-state index is -2.96. The maximum absolute atomic E-state index is 11.5. The van der Waals surface area contributed by atoms with E-state index >= 15 is 0 Å². The summed E-state index contributed by atoms with van der Waals surface area (Å²) in [6.07, 6.45) is 0. The first-order chi connectivity index (χ1) is 8.80. The highest BCUT2D eigenvalue weighted by Crippen LogP contribution is 2.28. The number of primary amides is 1. The van der Waals surface area contributed by atoms with E-state index in [1.54, 1.807) is 12.1 Å². The summed E-state index contributed by atoms with van der Waals surface area (Å²) in [5.74, 6) is -0.300. The maximum atomic E-state index is 11.5. The first kappa shape index (κ1) is 13.7. The Morgan fingerprint density at radius 3 is 2.63 bits per heavy atom. The number of rotatable bonds is 2. The Morgan fingerprint density at radius 2 is 2.11 bits per heavy atom. The molecule has 0 aromatic heterocycles. The van der Waals surface area contributed by atoms with E-state index in [9.17, 15) is 13.2 Å². The highest BCUT2D eigenvalue weighted by molar-refractivity contribution is 7.91. The van der Waals surface area contributed by atoms with Crippen LogP contribution in [0.5, 0.6) is 0 Å². The van der Waals surface area contributed by atoms with Crippen molar-refractivity contribution in [2.75, 3.05) is 28.7 Å². The van der Waals surface area contributed by atoms with Crippen LogP contribution in [0.2, 0.25) is 0 Å². The molecule has 1 aliphatic heterocycles. The minimum Gasteiger partial charge on any atom is -0.397 e. The topological polar surface area (TPSA) is 106 Å². The van der Waals surface area contributed by atoms with Gasteiger partial charge in [0.25, 0.3) is 0 Å². The average Bonchev–Trinajstić information content (AvgIpc) is 2.29. The molecule has 6 nitrogen and oxygen atoms in total. The molecule has 19 heavy (non-hydrogen) atoms. The van der Waals surface area contributed by atoms with Crippen molar-refractivity contribution in [1.29, 1.82) is 0 Å². The lowest BCUT2D eigenvalue weighted by Crippen LogP contribution is -2.47. The van der Waals surface area contributed by atoms with E-state index in [1.807, 2.05) is 11.8 Å². The molecule has 104 valence electrons. The zero-order valence-electron chi connectivity index (χ0n) is 10.7. The molecule has 1 saturated heterocycles. The van der Waals surface area contributed by atoms with Crippen LogP contribution in [-0.4, -0.2) is 38.4 Å². The fourth-order valence-corrected chi connectivity index (χ4v) is 3.88. The Kier molecular flexibility index (Phi) is 3.40. The summed E-state index contributed by atoms with van der Waals surface area (Å²) >= 11 is 0. The summed E-state index contributed by atoms with van der Waals surface area (Å²) in [7, 11) is -2.96. The molecular weight excluding hydrogens is 266 g/mol. The molecule has 1 aromatic carbocycles. The zero-order chi connectivity index (χ0) is 14.2. The molecule has 4 N–H and O–H groups in total. The van der Waals surface area contributed by atoms with Crippen LogP contribution in [0.4, 0.5) is 11.4 Å². The molecule has 1 fully saturated rings. The molecule has 7 heteroatoms. The van der Waals surface area contributed by atoms with Crippen molar-refractivity contribution < 1.29 is 13.2 Å². The van der Waals surface area contributed by atoms with Crippen LogP contribution < -0.4 is 16.4 Å². The molecule has 0 spiro atoms. The van der Waals surface area contributed by atoms with Gasteiger partial charge in [0.1, 0.15) is 0 Å². The SMILES string of the molecule is CC1CS(=O)(=O)CCN1c1ccc(C(N)=O)cc1N. The number of carbonyl (C=O) groups excluding carboxylic acids is 1. The van der Waals surface area contributed by atoms with Gasteiger partial charge in [0, 0.05) is 18.2 Å². The number of sulfone groups is 1. The van der Waals surface area contributed by atoms with E-state index in [1.165, 1.54) is 6.07 Å². The Labute approximate surface area is 112 Å².